The third kappa shape index (κ3) is 3.31. The summed E-state index contributed by atoms with van der Waals surface area (Å²) in [6.45, 7) is 0. The first-order chi connectivity index (χ1) is 20.8. The molecule has 0 spiro atoms. The molecule has 0 saturated carbocycles. The third-order valence-electron chi connectivity index (χ3n) is 7.76. The molecule has 7 heteroatoms. The van der Waals surface area contributed by atoms with E-state index in [0.717, 1.165) is 65.9 Å². The third-order valence-corrected chi connectivity index (χ3v) is 7.76. The molecule has 9 aromatic rings. The zero-order valence-electron chi connectivity index (χ0n) is 22.1. The SMILES string of the molecule is c1ccc(-c2nc(-c3ccccc3)nc(-n3c4c(ccc5nccnc54)c4ccc5c6ccccc6oc5c43)n2)cc1. The molecular weight excluding hydrogens is 520 g/mol. The highest BCUT2D eigenvalue weighted by molar-refractivity contribution is 6.24. The van der Waals surface area contributed by atoms with Gasteiger partial charge in [0.25, 0.3) is 0 Å². The van der Waals surface area contributed by atoms with Gasteiger partial charge in [0.05, 0.1) is 11.0 Å². The van der Waals surface area contributed by atoms with Gasteiger partial charge in [0.15, 0.2) is 17.2 Å². The minimum Gasteiger partial charge on any atom is -0.454 e. The van der Waals surface area contributed by atoms with Crippen molar-refractivity contribution in [3.05, 3.63) is 122 Å². The lowest BCUT2D eigenvalue weighted by molar-refractivity contribution is 0.670. The van der Waals surface area contributed by atoms with Crippen molar-refractivity contribution in [1.29, 1.82) is 0 Å². The number of furan rings is 1. The minimum atomic E-state index is 0.480. The van der Waals surface area contributed by atoms with Crippen molar-refractivity contribution >= 4 is 54.8 Å². The Morgan fingerprint density at radius 1 is 0.500 bits per heavy atom. The fourth-order valence-corrected chi connectivity index (χ4v) is 5.89. The molecule has 0 aliphatic heterocycles. The van der Waals surface area contributed by atoms with Crippen LogP contribution in [-0.2, 0) is 0 Å². The molecule has 4 heterocycles. The van der Waals surface area contributed by atoms with Crippen LogP contribution in [0.25, 0.3) is 83.5 Å². The number of benzene rings is 5. The molecular formula is C35H20N6O. The van der Waals surface area contributed by atoms with Crippen molar-refractivity contribution in [2.75, 3.05) is 0 Å². The zero-order chi connectivity index (χ0) is 27.6. The Labute approximate surface area is 238 Å². The van der Waals surface area contributed by atoms with Crippen LogP contribution in [0.3, 0.4) is 0 Å². The van der Waals surface area contributed by atoms with Gasteiger partial charge in [0.1, 0.15) is 16.6 Å². The molecule has 42 heavy (non-hydrogen) atoms. The van der Waals surface area contributed by atoms with E-state index >= 15 is 0 Å². The molecule has 0 aliphatic carbocycles. The van der Waals surface area contributed by atoms with Crippen molar-refractivity contribution in [2.24, 2.45) is 0 Å². The predicted octanol–water partition coefficient (Wildman–Crippen LogP) is 8.15. The van der Waals surface area contributed by atoms with Gasteiger partial charge in [0, 0.05) is 45.1 Å². The maximum absolute atomic E-state index is 6.57. The summed E-state index contributed by atoms with van der Waals surface area (Å²) < 4.78 is 8.65. The van der Waals surface area contributed by atoms with E-state index in [1.807, 2.05) is 84.9 Å². The largest absolute Gasteiger partial charge is 0.454 e. The quantitative estimate of drug-likeness (QED) is 0.225. The highest BCUT2D eigenvalue weighted by Crippen LogP contribution is 2.41. The number of hydrogen-bond donors (Lipinski definition) is 0. The lowest BCUT2D eigenvalue weighted by atomic mass is 10.1. The summed E-state index contributed by atoms with van der Waals surface area (Å²) in [5.74, 6) is 1.64. The number of nitrogens with zero attached hydrogens (tertiary/aromatic N) is 6. The number of aromatic nitrogens is 6. The second kappa shape index (κ2) is 8.78. The van der Waals surface area contributed by atoms with E-state index in [2.05, 4.69) is 33.8 Å². The Morgan fingerprint density at radius 3 is 1.88 bits per heavy atom. The minimum absolute atomic E-state index is 0.480. The molecule has 0 unspecified atom stereocenters. The van der Waals surface area contributed by atoms with E-state index in [-0.39, 0.29) is 0 Å². The summed E-state index contributed by atoms with van der Waals surface area (Å²) in [4.78, 5) is 24.5. The van der Waals surface area contributed by atoms with Crippen molar-refractivity contribution < 1.29 is 4.42 Å². The first-order valence-corrected chi connectivity index (χ1v) is 13.7. The molecule has 5 aromatic carbocycles. The Hall–Kier alpha value is -5.95. The number of fused-ring (bicyclic) bond motifs is 9. The van der Waals surface area contributed by atoms with Crippen molar-refractivity contribution in [2.45, 2.75) is 0 Å². The average Bonchev–Trinajstić information content (AvgIpc) is 3.62. The molecule has 0 fully saturated rings. The van der Waals surface area contributed by atoms with Gasteiger partial charge in [-0.25, -0.2) is 4.98 Å². The maximum Gasteiger partial charge on any atom is 0.239 e. The van der Waals surface area contributed by atoms with Crippen molar-refractivity contribution in [1.82, 2.24) is 29.5 Å². The highest BCUT2D eigenvalue weighted by atomic mass is 16.3. The second-order valence-electron chi connectivity index (χ2n) is 10.2. The van der Waals surface area contributed by atoms with Gasteiger partial charge in [-0.3, -0.25) is 14.5 Å². The van der Waals surface area contributed by atoms with Crippen LogP contribution in [0.1, 0.15) is 0 Å². The van der Waals surface area contributed by atoms with Crippen molar-refractivity contribution in [3.8, 4) is 28.7 Å². The summed E-state index contributed by atoms with van der Waals surface area (Å²) in [6, 6.07) is 36.5. The topological polar surface area (TPSA) is 82.5 Å². The smallest absolute Gasteiger partial charge is 0.239 e. The summed E-state index contributed by atoms with van der Waals surface area (Å²) in [5.41, 5.74) is 6.69. The predicted molar refractivity (Wildman–Crippen MR) is 165 cm³/mol. The number of hydrogen-bond acceptors (Lipinski definition) is 6. The summed E-state index contributed by atoms with van der Waals surface area (Å²) in [7, 11) is 0. The van der Waals surface area contributed by atoms with Crippen LogP contribution in [0.5, 0.6) is 0 Å². The van der Waals surface area contributed by atoms with Crippen LogP contribution in [0.4, 0.5) is 0 Å². The first kappa shape index (κ1) is 22.8. The van der Waals surface area contributed by atoms with Crippen LogP contribution in [0.2, 0.25) is 0 Å². The lowest BCUT2D eigenvalue weighted by Crippen LogP contribution is -2.07. The fourth-order valence-electron chi connectivity index (χ4n) is 5.89. The standard InChI is InChI=1S/C35H20N6O/c1-3-9-21(10-4-1)33-38-34(22-11-5-2-6-12-22)40-35(39-33)41-30-24(17-18-27-29(30)37-20-19-36-27)25-15-16-26-23-13-7-8-14-28(23)42-32(26)31(25)41/h1-20H. The Balaban J connectivity index is 1.49. The zero-order valence-corrected chi connectivity index (χ0v) is 22.1. The molecule has 0 atom stereocenters. The van der Waals surface area contributed by atoms with Gasteiger partial charge < -0.3 is 4.42 Å². The molecule has 9 rings (SSSR count). The van der Waals surface area contributed by atoms with E-state index in [1.165, 1.54) is 0 Å². The van der Waals surface area contributed by atoms with Gasteiger partial charge in [-0.05, 0) is 24.3 Å². The normalized spacial score (nSPS) is 11.8. The van der Waals surface area contributed by atoms with E-state index in [4.69, 9.17) is 24.4 Å². The van der Waals surface area contributed by atoms with Gasteiger partial charge in [-0.2, -0.15) is 9.97 Å². The molecule has 0 bridgehead atoms. The molecule has 0 radical (unpaired) electrons. The molecule has 196 valence electrons. The number of rotatable bonds is 3. The van der Waals surface area contributed by atoms with E-state index in [0.29, 0.717) is 17.6 Å². The van der Waals surface area contributed by atoms with Crippen LogP contribution in [-0.4, -0.2) is 29.5 Å². The van der Waals surface area contributed by atoms with Crippen molar-refractivity contribution in [3.63, 3.8) is 0 Å². The molecule has 7 nitrogen and oxygen atoms in total. The molecule has 4 aromatic heterocycles. The first-order valence-electron chi connectivity index (χ1n) is 13.7. The van der Waals surface area contributed by atoms with Crippen LogP contribution >= 0.6 is 0 Å². The van der Waals surface area contributed by atoms with E-state index < -0.39 is 0 Å². The lowest BCUT2D eigenvalue weighted by Gasteiger charge is -2.11. The molecule has 0 aliphatic rings. The van der Waals surface area contributed by atoms with E-state index in [1.54, 1.807) is 12.4 Å². The van der Waals surface area contributed by atoms with Gasteiger partial charge in [0.2, 0.25) is 5.95 Å². The van der Waals surface area contributed by atoms with E-state index in [9.17, 15) is 0 Å². The Bertz CT molecular complexity index is 2410. The fraction of sp³-hybridized carbons (Fsp3) is 0. The monoisotopic (exact) mass is 540 g/mol. The number of para-hydroxylation sites is 1. The summed E-state index contributed by atoms with van der Waals surface area (Å²) in [5, 5.41) is 4.12. The Morgan fingerprint density at radius 2 is 1.12 bits per heavy atom. The molecule has 0 amide bonds. The Kier molecular flexibility index (Phi) is 4.77. The average molecular weight is 541 g/mol. The van der Waals surface area contributed by atoms with Crippen LogP contribution < -0.4 is 0 Å². The van der Waals surface area contributed by atoms with Gasteiger partial charge in [-0.1, -0.05) is 84.9 Å². The van der Waals surface area contributed by atoms with Gasteiger partial charge >= 0.3 is 0 Å². The summed E-state index contributed by atoms with van der Waals surface area (Å²) >= 11 is 0. The summed E-state index contributed by atoms with van der Waals surface area (Å²) in [6.07, 6.45) is 3.43. The van der Waals surface area contributed by atoms with Crippen LogP contribution in [0, 0.1) is 0 Å². The van der Waals surface area contributed by atoms with Crippen LogP contribution in [0.15, 0.2) is 126 Å². The van der Waals surface area contributed by atoms with Gasteiger partial charge in [-0.15, -0.1) is 0 Å². The highest BCUT2D eigenvalue weighted by Gasteiger charge is 2.23. The maximum atomic E-state index is 6.57. The second-order valence-corrected chi connectivity index (χ2v) is 10.2. The molecule has 0 N–H and O–H groups in total. The molecule has 0 saturated heterocycles.